The third-order valence-corrected chi connectivity index (χ3v) is 3.77. The molecule has 0 rings (SSSR count). The molecule has 0 radical (unpaired) electrons. The Morgan fingerprint density at radius 1 is 0.840 bits per heavy atom. The molecule has 7 N–H and O–H groups in total. The van der Waals surface area contributed by atoms with Crippen LogP contribution in [0, 0.1) is 0 Å². The largest absolute Gasteiger partial charge is 0.393 e. The molecule has 11 nitrogen and oxygen atoms in total. The molecule has 0 aliphatic heterocycles. The minimum Gasteiger partial charge on any atom is -0.393 e. The molecule has 142 valence electrons. The fraction of sp³-hybridized carbons (Fsp3) is 0.643. The fourth-order valence-corrected chi connectivity index (χ4v) is 2.20. The van der Waals surface area contributed by atoms with Crippen LogP contribution in [0.4, 0.5) is 0 Å². The topological polar surface area (TPSA) is 213 Å². The number of carbonyl (C=O) groups excluding carboxylic acids is 5. The van der Waals surface area contributed by atoms with Gasteiger partial charge in [-0.1, -0.05) is 0 Å². The van der Waals surface area contributed by atoms with Crippen LogP contribution in [0.2, 0.25) is 0 Å². The molecule has 0 saturated carbocycles. The first-order valence-electron chi connectivity index (χ1n) is 9.12. The Balaban J connectivity index is 7.47. The van der Waals surface area contributed by atoms with E-state index in [1.807, 2.05) is 0 Å². The maximum Gasteiger partial charge on any atom is 0.248 e. The van der Waals surface area contributed by atoms with Gasteiger partial charge in [-0.05, 0) is 20.7 Å². The Morgan fingerprint density at radius 2 is 1.28 bits per heavy atom. The molecule has 0 aromatic rings. The first kappa shape index (κ1) is 16.6. The lowest BCUT2D eigenvalue weighted by atomic mass is 9.60. The van der Waals surface area contributed by atoms with Gasteiger partial charge >= 0.3 is 0 Å². The van der Waals surface area contributed by atoms with Crippen LogP contribution in [0.5, 0.6) is 0 Å². The Hall–Kier alpha value is -1.89. The highest BCUT2D eigenvalue weighted by atomic mass is 16.4. The Labute approximate surface area is 147 Å². The first-order chi connectivity index (χ1) is 13.1. The molecule has 0 spiro atoms. The highest BCUT2D eigenvalue weighted by Gasteiger charge is 2.77. The van der Waals surface area contributed by atoms with E-state index in [1.54, 1.807) is 0 Å². The van der Waals surface area contributed by atoms with Crippen molar-refractivity contribution >= 4 is 28.9 Å². The summed E-state index contributed by atoms with van der Waals surface area (Å²) < 4.78 is 28.0. The van der Waals surface area contributed by atoms with E-state index >= 15 is 0 Å². The summed E-state index contributed by atoms with van der Waals surface area (Å²) >= 11 is 0. The second kappa shape index (κ2) is 6.78. The van der Waals surface area contributed by atoms with Crippen molar-refractivity contribution in [2.75, 3.05) is 6.61 Å². The second-order valence-corrected chi connectivity index (χ2v) is 5.23. The average molecular weight is 367 g/mol. The predicted octanol–water partition coefficient (Wildman–Crippen LogP) is -4.26. The van der Waals surface area contributed by atoms with Crippen LogP contribution in [0.15, 0.2) is 0 Å². The summed E-state index contributed by atoms with van der Waals surface area (Å²) in [6.07, 6.45) is 0. The summed E-state index contributed by atoms with van der Waals surface area (Å²) in [6, 6.07) is 0. The van der Waals surface area contributed by atoms with Gasteiger partial charge in [-0.15, -0.1) is 0 Å². The van der Waals surface area contributed by atoms with Gasteiger partial charge in [0.2, 0.25) is 22.7 Å². The molecule has 0 bridgehead atoms. The van der Waals surface area contributed by atoms with Gasteiger partial charge in [-0.3, -0.25) is 29.7 Å². The molecule has 0 heterocycles. The lowest BCUT2D eigenvalue weighted by Gasteiger charge is -2.51. The molecule has 0 saturated heterocycles. The van der Waals surface area contributed by atoms with Crippen molar-refractivity contribution < 1.29 is 55.0 Å². The fourth-order valence-electron chi connectivity index (χ4n) is 2.20. The summed E-state index contributed by atoms with van der Waals surface area (Å²) in [5.41, 5.74) is -12.1. The molecule has 0 aliphatic carbocycles. The number of nitrogens with two attached hydrogens (primary N) is 1. The molecule has 0 amide bonds. The molecular formula is C14H21NO10. The standard InChI is InChI=1S/C14H21NO10/c1-6(17)10(21)14(15,25)13(24,9(4)20)12(23,8(3)19)11(22,5-16)7(2)18/h16,22-25H,5,15H2,1-4H3/t11-,12+,13-,14-/m0/s1/i1D,2D,3D,4D. The van der Waals surface area contributed by atoms with Crippen molar-refractivity contribution in [1.82, 2.24) is 0 Å². The SMILES string of the molecule is [2H]CC(=O)C(=O)[C@](N)(O)[C@](O)(C(=O)C[2H])[C@@](O)(C(=O)C[2H])[C@](O)(CO)C(=O)C[2H]. The number of ketones is 5. The van der Waals surface area contributed by atoms with E-state index in [2.05, 4.69) is 0 Å². The molecular weight excluding hydrogens is 342 g/mol. The minimum atomic E-state index is -4.52. The lowest BCUT2D eigenvalue weighted by Crippen LogP contribution is -2.86. The zero-order valence-electron chi connectivity index (χ0n) is 16.9. The highest BCUT2D eigenvalue weighted by Crippen LogP contribution is 2.41. The van der Waals surface area contributed by atoms with Gasteiger partial charge in [0.15, 0.2) is 28.7 Å². The molecule has 0 aromatic heterocycles. The Morgan fingerprint density at radius 3 is 1.64 bits per heavy atom. The molecule has 0 aliphatic rings. The lowest BCUT2D eigenvalue weighted by molar-refractivity contribution is -0.268. The average Bonchev–Trinajstić information content (AvgIpc) is 2.73. The van der Waals surface area contributed by atoms with Crippen molar-refractivity contribution in [2.45, 2.75) is 50.1 Å². The number of hydrogen-bond acceptors (Lipinski definition) is 11. The maximum atomic E-state index is 12.3. The summed E-state index contributed by atoms with van der Waals surface area (Å²) in [7, 11) is 0. The minimum absolute atomic E-state index is 1.38. The van der Waals surface area contributed by atoms with E-state index in [-0.39, 0.29) is 0 Å². The molecule has 0 unspecified atom stereocenters. The maximum absolute atomic E-state index is 12.3. The van der Waals surface area contributed by atoms with Crippen molar-refractivity contribution in [3.63, 3.8) is 0 Å². The van der Waals surface area contributed by atoms with Gasteiger partial charge in [-0.25, -0.2) is 0 Å². The number of rotatable bonds is 9. The van der Waals surface area contributed by atoms with E-state index in [9.17, 15) is 49.5 Å². The summed E-state index contributed by atoms with van der Waals surface area (Å²) in [6.45, 7) is -8.11. The van der Waals surface area contributed by atoms with E-state index in [1.165, 1.54) is 0 Å². The summed E-state index contributed by atoms with van der Waals surface area (Å²) in [4.78, 5) is 60.4. The zero-order valence-corrected chi connectivity index (χ0v) is 12.9. The van der Waals surface area contributed by atoms with Crippen molar-refractivity contribution in [3.8, 4) is 0 Å². The van der Waals surface area contributed by atoms with Crippen molar-refractivity contribution in [1.29, 1.82) is 0 Å². The van der Waals surface area contributed by atoms with Crippen LogP contribution >= 0.6 is 0 Å². The van der Waals surface area contributed by atoms with Crippen LogP contribution < -0.4 is 5.73 Å². The van der Waals surface area contributed by atoms with Crippen LogP contribution in [0.3, 0.4) is 0 Å². The number of hydrogen-bond donors (Lipinski definition) is 6. The third-order valence-electron chi connectivity index (χ3n) is 3.77. The van der Waals surface area contributed by atoms with Crippen LogP contribution in [0.25, 0.3) is 0 Å². The van der Waals surface area contributed by atoms with E-state index < -0.39 is 85.7 Å². The van der Waals surface area contributed by atoms with Gasteiger partial charge in [0, 0.05) is 12.4 Å². The van der Waals surface area contributed by atoms with Crippen molar-refractivity contribution in [3.05, 3.63) is 0 Å². The Kier molecular flexibility index (Phi) is 4.50. The van der Waals surface area contributed by atoms with Gasteiger partial charge in [0.25, 0.3) is 0 Å². The summed E-state index contributed by atoms with van der Waals surface area (Å²) in [5, 5.41) is 52.0. The summed E-state index contributed by atoms with van der Waals surface area (Å²) in [5.74, 6) is -10.4. The zero-order chi connectivity index (χ0) is 23.4. The number of aliphatic hydroxyl groups is 5. The monoisotopic (exact) mass is 367 g/mol. The molecule has 0 fully saturated rings. The molecule has 0 aromatic carbocycles. The van der Waals surface area contributed by atoms with Crippen LogP contribution in [0.1, 0.15) is 33.1 Å². The van der Waals surface area contributed by atoms with Crippen molar-refractivity contribution in [2.24, 2.45) is 5.73 Å². The molecule has 25 heavy (non-hydrogen) atoms. The quantitative estimate of drug-likeness (QED) is 0.169. The second-order valence-electron chi connectivity index (χ2n) is 5.23. The van der Waals surface area contributed by atoms with E-state index in [0.717, 1.165) is 0 Å². The van der Waals surface area contributed by atoms with Crippen LogP contribution in [-0.2, 0) is 24.0 Å². The Bertz CT molecular complexity index is 717. The normalized spacial score (nSPS) is 23.1. The van der Waals surface area contributed by atoms with Crippen LogP contribution in [-0.4, -0.2) is 83.6 Å². The molecule has 4 atom stereocenters. The van der Waals surface area contributed by atoms with Gasteiger partial charge in [0.05, 0.1) is 6.61 Å². The van der Waals surface area contributed by atoms with E-state index in [0.29, 0.717) is 0 Å². The van der Waals surface area contributed by atoms with Gasteiger partial charge in [-0.2, -0.15) is 0 Å². The van der Waals surface area contributed by atoms with Gasteiger partial charge < -0.3 is 25.5 Å². The third kappa shape index (κ3) is 2.84. The smallest absolute Gasteiger partial charge is 0.248 e. The highest BCUT2D eigenvalue weighted by molar-refractivity contribution is 6.40. The number of aliphatic hydroxyl groups excluding tert-OH is 1. The number of carbonyl (C=O) groups is 5. The number of Topliss-reactive ketones (excluding diaryl/α,β-unsaturated/α-hetero) is 5. The predicted molar refractivity (Wildman–Crippen MR) is 78.8 cm³/mol. The van der Waals surface area contributed by atoms with E-state index in [4.69, 9.17) is 11.2 Å². The van der Waals surface area contributed by atoms with Gasteiger partial charge in [0.1, 0.15) is 0 Å². The first-order valence-corrected chi connectivity index (χ1v) is 6.29. The molecule has 11 heteroatoms.